The summed E-state index contributed by atoms with van der Waals surface area (Å²) in [6, 6.07) is 6.72. The number of nitro benzene ring substituents is 1. The number of methoxy groups -OCH3 is 1. The molecule has 2 aromatic heterocycles. The van der Waals surface area contributed by atoms with Crippen LogP contribution in [0.3, 0.4) is 0 Å². The van der Waals surface area contributed by atoms with Crippen molar-refractivity contribution in [1.82, 2.24) is 9.78 Å². The van der Waals surface area contributed by atoms with Crippen molar-refractivity contribution >= 4 is 39.0 Å². The number of nitrogens with one attached hydrogen (secondary N) is 1. The highest BCUT2D eigenvalue weighted by Crippen LogP contribution is 2.29. The normalized spacial score (nSPS) is 10.6. The smallest absolute Gasteiger partial charge is 0.404 e. The van der Waals surface area contributed by atoms with Gasteiger partial charge in [-0.3, -0.25) is 14.9 Å². The Kier molecular flexibility index (Phi) is 5.59. The van der Waals surface area contributed by atoms with Crippen molar-refractivity contribution in [2.75, 3.05) is 12.4 Å². The molecule has 3 aromatic rings. The Hall–Kier alpha value is -3.74. The zero-order valence-electron chi connectivity index (χ0n) is 14.7. The second kappa shape index (κ2) is 8.10. The average Bonchev–Trinajstić information content (AvgIpc) is 3.28. The van der Waals surface area contributed by atoms with Crippen molar-refractivity contribution in [2.45, 2.75) is 6.54 Å². The summed E-state index contributed by atoms with van der Waals surface area (Å²) < 4.78 is 12.0. The van der Waals surface area contributed by atoms with Crippen molar-refractivity contribution < 1.29 is 23.8 Å². The summed E-state index contributed by atoms with van der Waals surface area (Å²) in [6.45, 7) is 0.0700. The number of halogens is 1. The van der Waals surface area contributed by atoms with Crippen LogP contribution in [-0.4, -0.2) is 32.6 Å². The monoisotopic (exact) mass is 465 g/mol. The van der Waals surface area contributed by atoms with Crippen LogP contribution in [-0.2, 0) is 6.54 Å². The number of rotatable bonds is 7. The molecule has 1 N–H and O–H groups in total. The minimum atomic E-state index is -0.626. The first-order chi connectivity index (χ1) is 13.8. The van der Waals surface area contributed by atoms with Gasteiger partial charge in [-0.25, -0.2) is 0 Å². The highest BCUT2D eigenvalue weighted by Gasteiger charge is 2.20. The van der Waals surface area contributed by atoms with E-state index in [1.54, 1.807) is 0 Å². The predicted molar refractivity (Wildman–Crippen MR) is 102 cm³/mol. The van der Waals surface area contributed by atoms with Gasteiger partial charge in [0.05, 0.1) is 35.1 Å². The molecule has 12 nitrogen and oxygen atoms in total. The first-order valence-corrected chi connectivity index (χ1v) is 8.67. The third-order valence-electron chi connectivity index (χ3n) is 3.72. The topological polar surface area (TPSA) is 156 Å². The molecule has 2 heterocycles. The Labute approximate surface area is 170 Å². The van der Waals surface area contributed by atoms with Gasteiger partial charge in [-0.2, -0.15) is 4.68 Å². The third-order valence-corrected chi connectivity index (χ3v) is 4.28. The summed E-state index contributed by atoms with van der Waals surface area (Å²) in [5, 5.41) is 28.0. The molecule has 0 aliphatic heterocycles. The molecule has 0 radical (unpaired) electrons. The summed E-state index contributed by atoms with van der Waals surface area (Å²) in [5.41, 5.74) is 0.0484. The summed E-state index contributed by atoms with van der Waals surface area (Å²) in [4.78, 5) is 32.9. The van der Waals surface area contributed by atoms with Crippen molar-refractivity contribution in [3.8, 4) is 5.75 Å². The van der Waals surface area contributed by atoms with E-state index in [-0.39, 0.29) is 39.7 Å². The van der Waals surface area contributed by atoms with Crippen LogP contribution in [0.1, 0.15) is 16.3 Å². The molecule has 3 rings (SSSR count). The maximum atomic E-state index is 12.4. The summed E-state index contributed by atoms with van der Waals surface area (Å²) in [6.07, 6.45) is 1.42. The van der Waals surface area contributed by atoms with Gasteiger partial charge in [0.2, 0.25) is 0 Å². The van der Waals surface area contributed by atoms with Crippen LogP contribution >= 0.6 is 15.9 Å². The molecule has 13 heteroatoms. The fourth-order valence-corrected chi connectivity index (χ4v) is 2.88. The SMILES string of the molecule is COc1cc([N+](=O)[O-])ccc1NC(=O)c1ccc(Cn2cc(Br)c([N+](=O)[O-])n2)o1. The number of nitrogens with zero attached hydrogens (tertiary/aromatic N) is 4. The standard InChI is InChI=1S/C16H12BrN5O7/c1-28-14-6-9(21(24)25)2-4-12(14)18-16(23)13-5-3-10(29-13)7-20-8-11(17)15(19-20)22(26)27/h2-6,8H,7H2,1H3,(H,18,23). The molecule has 0 saturated carbocycles. The number of anilines is 1. The van der Waals surface area contributed by atoms with E-state index in [1.165, 1.54) is 48.3 Å². The quantitative estimate of drug-likeness (QED) is 0.410. The number of amides is 1. The Morgan fingerprint density at radius 3 is 2.66 bits per heavy atom. The lowest BCUT2D eigenvalue weighted by Gasteiger charge is -2.08. The number of aromatic nitrogens is 2. The molecule has 1 aromatic carbocycles. The molecule has 0 fully saturated rings. The van der Waals surface area contributed by atoms with Gasteiger partial charge in [0.15, 0.2) is 5.76 Å². The molecule has 0 atom stereocenters. The van der Waals surface area contributed by atoms with Gasteiger partial charge in [-0.15, -0.1) is 0 Å². The fraction of sp³-hybridized carbons (Fsp3) is 0.125. The first kappa shape index (κ1) is 20.0. The highest BCUT2D eigenvalue weighted by atomic mass is 79.9. The Bertz CT molecular complexity index is 1110. The van der Waals surface area contributed by atoms with E-state index in [1.807, 2.05) is 0 Å². The lowest BCUT2D eigenvalue weighted by molar-refractivity contribution is -0.390. The number of ether oxygens (including phenoxy) is 1. The second-order valence-corrected chi connectivity index (χ2v) is 6.47. The van der Waals surface area contributed by atoms with Gasteiger partial charge in [-0.1, -0.05) is 0 Å². The molecule has 1 amide bonds. The van der Waals surface area contributed by atoms with E-state index >= 15 is 0 Å². The maximum Gasteiger partial charge on any atom is 0.404 e. The number of hydrogen-bond acceptors (Lipinski definition) is 8. The Balaban J connectivity index is 1.73. The average molecular weight is 466 g/mol. The molecular formula is C16H12BrN5O7. The maximum absolute atomic E-state index is 12.4. The Morgan fingerprint density at radius 2 is 2.03 bits per heavy atom. The van der Waals surface area contributed by atoms with Crippen LogP contribution < -0.4 is 10.1 Å². The van der Waals surface area contributed by atoms with E-state index < -0.39 is 15.8 Å². The van der Waals surface area contributed by atoms with Crippen molar-refractivity contribution in [2.24, 2.45) is 0 Å². The van der Waals surface area contributed by atoms with E-state index in [2.05, 4.69) is 26.3 Å². The number of non-ortho nitro benzene ring substituents is 1. The zero-order chi connectivity index (χ0) is 21.1. The van der Waals surface area contributed by atoms with Crippen LogP contribution in [0, 0.1) is 20.2 Å². The largest absolute Gasteiger partial charge is 0.494 e. The molecule has 0 aliphatic carbocycles. The summed E-state index contributed by atoms with van der Waals surface area (Å²) >= 11 is 3.05. The van der Waals surface area contributed by atoms with Crippen LogP contribution in [0.2, 0.25) is 0 Å². The number of carbonyl (C=O) groups excluding carboxylic acids is 1. The lowest BCUT2D eigenvalue weighted by Crippen LogP contribution is -2.12. The summed E-state index contributed by atoms with van der Waals surface area (Å²) in [7, 11) is 1.32. The van der Waals surface area contributed by atoms with Gasteiger partial charge in [0.1, 0.15) is 22.5 Å². The van der Waals surface area contributed by atoms with Gasteiger partial charge in [-0.05, 0) is 39.1 Å². The molecule has 0 saturated heterocycles. The van der Waals surface area contributed by atoms with Crippen molar-refractivity contribution in [3.63, 3.8) is 0 Å². The van der Waals surface area contributed by atoms with Crippen LogP contribution in [0.4, 0.5) is 17.2 Å². The number of nitro groups is 2. The van der Waals surface area contributed by atoms with Crippen molar-refractivity contribution in [3.05, 3.63) is 72.8 Å². The van der Waals surface area contributed by atoms with Gasteiger partial charge in [0.25, 0.3) is 11.6 Å². The van der Waals surface area contributed by atoms with Gasteiger partial charge in [0, 0.05) is 6.07 Å². The lowest BCUT2D eigenvalue weighted by atomic mass is 10.2. The molecule has 29 heavy (non-hydrogen) atoms. The second-order valence-electron chi connectivity index (χ2n) is 5.62. The first-order valence-electron chi connectivity index (χ1n) is 7.88. The summed E-state index contributed by atoms with van der Waals surface area (Å²) in [5.74, 6) is -0.499. The molecular weight excluding hydrogens is 454 g/mol. The third kappa shape index (κ3) is 4.40. The van der Waals surface area contributed by atoms with Gasteiger partial charge < -0.3 is 24.6 Å². The van der Waals surface area contributed by atoms with E-state index in [0.29, 0.717) is 5.76 Å². The van der Waals surface area contributed by atoms with E-state index in [4.69, 9.17) is 9.15 Å². The van der Waals surface area contributed by atoms with E-state index in [0.717, 1.165) is 0 Å². The van der Waals surface area contributed by atoms with Crippen LogP contribution in [0.25, 0.3) is 0 Å². The number of benzene rings is 1. The number of carbonyl (C=O) groups is 1. The van der Waals surface area contributed by atoms with E-state index in [9.17, 15) is 25.0 Å². The molecule has 0 unspecified atom stereocenters. The van der Waals surface area contributed by atoms with Gasteiger partial charge >= 0.3 is 5.82 Å². The predicted octanol–water partition coefficient (Wildman–Crippen LogP) is 3.36. The highest BCUT2D eigenvalue weighted by molar-refractivity contribution is 9.10. The fourth-order valence-electron chi connectivity index (χ4n) is 2.42. The van der Waals surface area contributed by atoms with Crippen molar-refractivity contribution in [1.29, 1.82) is 0 Å². The van der Waals surface area contributed by atoms with Crippen LogP contribution in [0.15, 0.2) is 45.4 Å². The zero-order valence-corrected chi connectivity index (χ0v) is 16.3. The number of furan rings is 1. The molecule has 0 bridgehead atoms. The molecule has 150 valence electrons. The molecule has 0 spiro atoms. The van der Waals surface area contributed by atoms with Crippen LogP contribution in [0.5, 0.6) is 5.75 Å². The minimum Gasteiger partial charge on any atom is -0.494 e. The number of hydrogen-bond donors (Lipinski definition) is 1. The molecule has 0 aliphatic rings. The minimum absolute atomic E-state index is 0.0267. The Morgan fingerprint density at radius 1 is 1.28 bits per heavy atom.